The lowest BCUT2D eigenvalue weighted by atomic mass is 10.1. The molecule has 1 aromatic rings. The number of Topliss-reactive ketones (excluding diaryl/α,β-unsaturated/α-hetero) is 1. The van der Waals surface area contributed by atoms with Gasteiger partial charge in [0.1, 0.15) is 0 Å². The first-order valence-corrected chi connectivity index (χ1v) is 6.16. The van der Waals surface area contributed by atoms with Gasteiger partial charge < -0.3 is 4.74 Å². The first-order chi connectivity index (χ1) is 7.72. The predicted molar refractivity (Wildman–Crippen MR) is 63.5 cm³/mol. The molecule has 0 saturated heterocycles. The van der Waals surface area contributed by atoms with E-state index in [1.165, 1.54) is 25.1 Å². The average molecular weight is 376 g/mol. The van der Waals surface area contributed by atoms with Gasteiger partial charge in [-0.05, 0) is 35.0 Å². The van der Waals surface area contributed by atoms with Crippen LogP contribution in [0.15, 0.2) is 22.7 Å². The van der Waals surface area contributed by atoms with Crippen LogP contribution in [-0.4, -0.2) is 17.0 Å². The molecule has 17 heavy (non-hydrogen) atoms. The van der Waals surface area contributed by atoms with E-state index in [1.807, 2.05) is 0 Å². The van der Waals surface area contributed by atoms with Crippen molar-refractivity contribution in [1.29, 1.82) is 0 Å². The van der Waals surface area contributed by atoms with E-state index < -0.39 is 22.7 Å². The molecule has 0 bridgehead atoms. The Morgan fingerprint density at radius 1 is 1.41 bits per heavy atom. The molecule has 0 aromatic heterocycles. The Morgan fingerprint density at radius 3 is 2.47 bits per heavy atom. The number of halogens is 5. The zero-order chi connectivity index (χ0) is 13.2. The molecule has 0 aliphatic rings. The molecule has 2 nitrogen and oxygen atoms in total. The average Bonchev–Trinajstić information content (AvgIpc) is 2.18. The molecule has 1 atom stereocenters. The van der Waals surface area contributed by atoms with Crippen LogP contribution in [-0.2, 0) is 0 Å². The summed E-state index contributed by atoms with van der Waals surface area (Å²) in [6.45, 7) is 1.53. The second-order valence-electron chi connectivity index (χ2n) is 3.14. The van der Waals surface area contributed by atoms with Crippen molar-refractivity contribution in [3.8, 4) is 5.75 Å². The Bertz CT molecular complexity index is 430. The third kappa shape index (κ3) is 3.99. The number of ketones is 1. The first kappa shape index (κ1) is 14.5. The van der Waals surface area contributed by atoms with Crippen LogP contribution < -0.4 is 4.74 Å². The van der Waals surface area contributed by atoms with Crippen molar-refractivity contribution in [2.45, 2.75) is 18.1 Å². The summed E-state index contributed by atoms with van der Waals surface area (Å²) in [4.78, 5) is 11.1. The largest absolute Gasteiger partial charge is 0.573 e. The van der Waals surface area contributed by atoms with E-state index in [1.54, 1.807) is 0 Å². The van der Waals surface area contributed by atoms with E-state index in [9.17, 15) is 18.0 Å². The van der Waals surface area contributed by atoms with Crippen LogP contribution in [0.2, 0.25) is 0 Å². The van der Waals surface area contributed by atoms with Gasteiger partial charge in [-0.25, -0.2) is 0 Å². The van der Waals surface area contributed by atoms with E-state index in [4.69, 9.17) is 0 Å². The molecule has 0 aliphatic carbocycles. The molecule has 0 saturated carbocycles. The maximum absolute atomic E-state index is 12.2. The van der Waals surface area contributed by atoms with Gasteiger partial charge in [0.05, 0.1) is 14.9 Å². The summed E-state index contributed by atoms with van der Waals surface area (Å²) in [6.07, 6.45) is -4.84. The van der Waals surface area contributed by atoms with Crippen LogP contribution in [0, 0.1) is 0 Å². The lowest BCUT2D eigenvalue weighted by Crippen LogP contribution is -2.21. The van der Waals surface area contributed by atoms with Crippen molar-refractivity contribution in [1.82, 2.24) is 0 Å². The minimum atomic E-state index is -4.84. The summed E-state index contributed by atoms with van der Waals surface area (Å²) in [5, 5.41) is 0. The summed E-state index contributed by atoms with van der Waals surface area (Å²) in [5.74, 6) is -0.998. The van der Waals surface area contributed by atoms with Gasteiger partial charge in [0.25, 0.3) is 0 Å². The fourth-order valence-electron chi connectivity index (χ4n) is 1.14. The fourth-order valence-corrected chi connectivity index (χ4v) is 1.83. The van der Waals surface area contributed by atoms with Crippen LogP contribution in [0.4, 0.5) is 13.2 Å². The molecule has 0 spiro atoms. The van der Waals surface area contributed by atoms with E-state index >= 15 is 0 Å². The second kappa shape index (κ2) is 5.39. The van der Waals surface area contributed by atoms with E-state index in [2.05, 4.69) is 36.6 Å². The number of ether oxygens (including phenoxy) is 1. The topological polar surface area (TPSA) is 26.3 Å². The minimum Gasteiger partial charge on any atom is -0.404 e. The Morgan fingerprint density at radius 2 is 2.00 bits per heavy atom. The minimum absolute atomic E-state index is 0.0776. The number of hydrogen-bond acceptors (Lipinski definition) is 2. The van der Waals surface area contributed by atoms with Crippen LogP contribution >= 0.6 is 31.9 Å². The molecule has 0 amide bonds. The Kier molecular flexibility index (Phi) is 4.60. The molecule has 0 fully saturated rings. The van der Waals surface area contributed by atoms with E-state index in [-0.39, 0.29) is 10.0 Å². The first-order valence-electron chi connectivity index (χ1n) is 4.45. The molecule has 94 valence electrons. The van der Waals surface area contributed by atoms with Crippen molar-refractivity contribution in [3.63, 3.8) is 0 Å². The Labute approximate surface area is 112 Å². The lowest BCUT2D eigenvalue weighted by molar-refractivity contribution is -0.275. The number of rotatable bonds is 3. The van der Waals surface area contributed by atoms with Gasteiger partial charge in [0, 0.05) is 0 Å². The third-order valence-corrected chi connectivity index (χ3v) is 2.85. The highest BCUT2D eigenvalue weighted by Crippen LogP contribution is 2.34. The van der Waals surface area contributed by atoms with E-state index in [0.717, 1.165) is 0 Å². The highest BCUT2D eigenvalue weighted by Gasteiger charge is 2.34. The SMILES string of the molecule is CC(Br)C(=O)c1cccc(Br)c1OC(F)(F)F. The van der Waals surface area contributed by atoms with Gasteiger partial charge in [-0.1, -0.05) is 22.0 Å². The zero-order valence-corrected chi connectivity index (χ0v) is 11.7. The second-order valence-corrected chi connectivity index (χ2v) is 5.37. The van der Waals surface area contributed by atoms with Crippen molar-refractivity contribution >= 4 is 37.6 Å². The molecule has 1 aromatic carbocycles. The number of benzene rings is 1. The van der Waals surface area contributed by atoms with Crippen molar-refractivity contribution in [2.75, 3.05) is 0 Å². The summed E-state index contributed by atoms with van der Waals surface area (Å²) >= 11 is 5.94. The smallest absolute Gasteiger partial charge is 0.404 e. The van der Waals surface area contributed by atoms with Gasteiger partial charge >= 0.3 is 6.36 Å². The number of carbonyl (C=O) groups is 1. The summed E-state index contributed by atoms with van der Waals surface area (Å²) in [7, 11) is 0. The summed E-state index contributed by atoms with van der Waals surface area (Å²) in [6, 6.07) is 4.12. The molecule has 1 rings (SSSR count). The molecular weight excluding hydrogens is 369 g/mol. The normalized spacial score (nSPS) is 13.3. The van der Waals surface area contributed by atoms with Gasteiger partial charge in [0.15, 0.2) is 11.5 Å². The number of hydrogen-bond donors (Lipinski definition) is 0. The van der Waals surface area contributed by atoms with Crippen LogP contribution in [0.25, 0.3) is 0 Å². The van der Waals surface area contributed by atoms with Gasteiger partial charge in [-0.15, -0.1) is 13.2 Å². The molecule has 1 unspecified atom stereocenters. The third-order valence-electron chi connectivity index (χ3n) is 1.81. The maximum Gasteiger partial charge on any atom is 0.573 e. The summed E-state index contributed by atoms with van der Waals surface area (Å²) in [5.41, 5.74) is -0.124. The van der Waals surface area contributed by atoms with Crippen molar-refractivity contribution < 1.29 is 22.7 Å². The highest BCUT2D eigenvalue weighted by molar-refractivity contribution is 9.10. The quantitative estimate of drug-likeness (QED) is 0.581. The number of alkyl halides is 4. The molecule has 0 N–H and O–H groups in total. The molecule has 7 heteroatoms. The molecule has 0 radical (unpaired) electrons. The summed E-state index contributed by atoms with van der Waals surface area (Å²) < 4.78 is 40.5. The molecule has 0 heterocycles. The number of carbonyl (C=O) groups excluding carboxylic acids is 1. The monoisotopic (exact) mass is 374 g/mol. The van der Waals surface area contributed by atoms with Crippen LogP contribution in [0.1, 0.15) is 17.3 Å². The number of para-hydroxylation sites is 1. The predicted octanol–water partition coefficient (Wildman–Crippen LogP) is 4.31. The standard InChI is InChI=1S/C10H7Br2F3O2/c1-5(11)8(16)6-3-2-4-7(12)9(6)17-10(13,14)15/h2-5H,1H3. The Hall–Kier alpha value is -0.560. The van der Waals surface area contributed by atoms with Gasteiger partial charge in [-0.3, -0.25) is 4.79 Å². The van der Waals surface area contributed by atoms with Crippen LogP contribution in [0.3, 0.4) is 0 Å². The molecular formula is C10H7Br2F3O2. The van der Waals surface area contributed by atoms with E-state index in [0.29, 0.717) is 0 Å². The fraction of sp³-hybridized carbons (Fsp3) is 0.300. The lowest BCUT2D eigenvalue weighted by Gasteiger charge is -2.14. The maximum atomic E-state index is 12.2. The van der Waals surface area contributed by atoms with Crippen molar-refractivity contribution in [2.24, 2.45) is 0 Å². The van der Waals surface area contributed by atoms with Gasteiger partial charge in [-0.2, -0.15) is 0 Å². The Balaban J connectivity index is 3.22. The zero-order valence-electron chi connectivity index (χ0n) is 8.52. The van der Waals surface area contributed by atoms with Gasteiger partial charge in [0.2, 0.25) is 0 Å². The highest BCUT2D eigenvalue weighted by atomic mass is 79.9. The molecule has 0 aliphatic heterocycles. The van der Waals surface area contributed by atoms with Crippen molar-refractivity contribution in [3.05, 3.63) is 28.2 Å². The van der Waals surface area contributed by atoms with Crippen LogP contribution in [0.5, 0.6) is 5.75 Å².